The lowest BCUT2D eigenvalue weighted by Gasteiger charge is -2.15. The Morgan fingerprint density at radius 2 is 2.26 bits per heavy atom. The van der Waals surface area contributed by atoms with E-state index in [9.17, 15) is 8.42 Å². The van der Waals surface area contributed by atoms with E-state index in [0.29, 0.717) is 23.7 Å². The summed E-state index contributed by atoms with van der Waals surface area (Å²) in [6.07, 6.45) is 1.46. The minimum Gasteiger partial charge on any atom is -0.389 e. The lowest BCUT2D eigenvalue weighted by molar-refractivity contribution is 0.591. The van der Waals surface area contributed by atoms with Gasteiger partial charge in [-0.2, -0.15) is 0 Å². The van der Waals surface area contributed by atoms with E-state index in [1.165, 1.54) is 0 Å². The SMILES string of the molecule is NC(=S)c1ccc(Br)cc1NCC1CCCS1(=O)=O. The smallest absolute Gasteiger partial charge is 0.154 e. The van der Waals surface area contributed by atoms with Crippen molar-refractivity contribution in [2.45, 2.75) is 18.1 Å². The summed E-state index contributed by atoms with van der Waals surface area (Å²) in [6.45, 7) is 0.397. The van der Waals surface area contributed by atoms with Crippen LogP contribution in [0.1, 0.15) is 18.4 Å². The normalized spacial score (nSPS) is 21.2. The molecular formula is C12H15BrN2O2S2. The van der Waals surface area contributed by atoms with Gasteiger partial charge in [0.2, 0.25) is 0 Å². The molecule has 4 nitrogen and oxygen atoms in total. The van der Waals surface area contributed by atoms with Crippen LogP contribution in [-0.2, 0) is 9.84 Å². The van der Waals surface area contributed by atoms with E-state index in [2.05, 4.69) is 21.2 Å². The van der Waals surface area contributed by atoms with Crippen molar-refractivity contribution in [3.05, 3.63) is 28.2 Å². The summed E-state index contributed by atoms with van der Waals surface area (Å²) in [5.74, 6) is 0.292. The minimum absolute atomic E-state index is 0.292. The standard InChI is InChI=1S/C12H15BrN2O2S2/c13-8-3-4-10(12(14)18)11(6-8)15-7-9-2-1-5-19(9,16)17/h3-4,6,9,15H,1-2,5,7H2,(H2,14,18). The van der Waals surface area contributed by atoms with Crippen molar-refractivity contribution in [1.82, 2.24) is 0 Å². The molecule has 3 N–H and O–H groups in total. The summed E-state index contributed by atoms with van der Waals surface area (Å²) in [5.41, 5.74) is 7.16. The molecule has 1 aliphatic rings. The van der Waals surface area contributed by atoms with Gasteiger partial charge in [-0.15, -0.1) is 0 Å². The molecule has 0 spiro atoms. The number of hydrogen-bond donors (Lipinski definition) is 2. The van der Waals surface area contributed by atoms with Gasteiger partial charge in [0.1, 0.15) is 4.99 Å². The molecule has 0 amide bonds. The molecule has 19 heavy (non-hydrogen) atoms. The Morgan fingerprint density at radius 1 is 1.53 bits per heavy atom. The Kier molecular flexibility index (Phi) is 4.47. The molecule has 104 valence electrons. The van der Waals surface area contributed by atoms with Gasteiger partial charge in [0.25, 0.3) is 0 Å². The Balaban J connectivity index is 2.15. The number of sulfone groups is 1. The molecule has 0 radical (unpaired) electrons. The third kappa shape index (κ3) is 3.46. The van der Waals surface area contributed by atoms with Gasteiger partial charge in [-0.05, 0) is 31.0 Å². The average Bonchev–Trinajstić information content (AvgIpc) is 2.65. The van der Waals surface area contributed by atoms with E-state index < -0.39 is 9.84 Å². The maximum atomic E-state index is 11.8. The predicted octanol–water partition coefficient (Wildman–Crippen LogP) is 2.07. The van der Waals surface area contributed by atoms with Crippen molar-refractivity contribution in [2.75, 3.05) is 17.6 Å². The number of anilines is 1. The third-order valence-electron chi connectivity index (χ3n) is 3.23. The number of hydrogen-bond acceptors (Lipinski definition) is 4. The first-order valence-corrected chi connectivity index (χ1v) is 8.86. The van der Waals surface area contributed by atoms with Gasteiger partial charge >= 0.3 is 0 Å². The molecule has 2 rings (SSSR count). The second-order valence-corrected chi connectivity index (χ2v) is 8.32. The van der Waals surface area contributed by atoms with Gasteiger partial charge < -0.3 is 11.1 Å². The zero-order valence-electron chi connectivity index (χ0n) is 10.2. The number of rotatable bonds is 4. The molecule has 0 bridgehead atoms. The second kappa shape index (κ2) is 5.76. The molecule has 0 aromatic heterocycles. The van der Waals surface area contributed by atoms with Gasteiger partial charge in [-0.3, -0.25) is 0 Å². The summed E-state index contributed by atoms with van der Waals surface area (Å²) >= 11 is 8.37. The van der Waals surface area contributed by atoms with Crippen molar-refractivity contribution in [1.29, 1.82) is 0 Å². The predicted molar refractivity (Wildman–Crippen MR) is 85.3 cm³/mol. The van der Waals surface area contributed by atoms with Gasteiger partial charge in [-0.1, -0.05) is 28.1 Å². The first kappa shape index (κ1) is 14.7. The van der Waals surface area contributed by atoms with Crippen LogP contribution in [-0.4, -0.2) is 31.0 Å². The van der Waals surface area contributed by atoms with Crippen molar-refractivity contribution < 1.29 is 8.42 Å². The quantitative estimate of drug-likeness (QED) is 0.802. The molecular weight excluding hydrogens is 348 g/mol. The Hall–Kier alpha value is -0.660. The van der Waals surface area contributed by atoms with Crippen molar-refractivity contribution in [3.63, 3.8) is 0 Å². The molecule has 1 fully saturated rings. The fraction of sp³-hybridized carbons (Fsp3) is 0.417. The van der Waals surface area contributed by atoms with Gasteiger partial charge in [0.05, 0.1) is 11.0 Å². The van der Waals surface area contributed by atoms with Crippen LogP contribution in [0.5, 0.6) is 0 Å². The number of halogens is 1. The van der Waals surface area contributed by atoms with Crippen LogP contribution >= 0.6 is 28.1 Å². The van der Waals surface area contributed by atoms with Crippen LogP contribution in [0.25, 0.3) is 0 Å². The maximum Gasteiger partial charge on any atom is 0.154 e. The van der Waals surface area contributed by atoms with Gasteiger partial charge in [0, 0.05) is 22.3 Å². The van der Waals surface area contributed by atoms with Crippen LogP contribution in [0.2, 0.25) is 0 Å². The van der Waals surface area contributed by atoms with Crippen molar-refractivity contribution in [3.8, 4) is 0 Å². The lowest BCUT2D eigenvalue weighted by Crippen LogP contribution is -2.26. The van der Waals surface area contributed by atoms with Crippen LogP contribution in [0.4, 0.5) is 5.69 Å². The molecule has 1 heterocycles. The molecule has 0 aliphatic carbocycles. The fourth-order valence-corrected chi connectivity index (χ4v) is 4.49. The summed E-state index contributed by atoms with van der Waals surface area (Å²) in [5, 5.41) is 2.84. The highest BCUT2D eigenvalue weighted by Gasteiger charge is 2.30. The fourth-order valence-electron chi connectivity index (χ4n) is 2.19. The highest BCUT2D eigenvalue weighted by Crippen LogP contribution is 2.24. The molecule has 7 heteroatoms. The van der Waals surface area contributed by atoms with E-state index in [-0.39, 0.29) is 5.25 Å². The van der Waals surface area contributed by atoms with E-state index >= 15 is 0 Å². The Morgan fingerprint density at radius 3 is 2.84 bits per heavy atom. The zero-order chi connectivity index (χ0) is 14.0. The third-order valence-corrected chi connectivity index (χ3v) is 6.22. The lowest BCUT2D eigenvalue weighted by atomic mass is 10.1. The molecule has 1 atom stereocenters. The monoisotopic (exact) mass is 362 g/mol. The molecule has 1 aliphatic heterocycles. The van der Waals surface area contributed by atoms with Gasteiger partial charge in [0.15, 0.2) is 9.84 Å². The van der Waals surface area contributed by atoms with E-state index in [1.807, 2.05) is 18.2 Å². The first-order chi connectivity index (χ1) is 8.90. The average molecular weight is 363 g/mol. The number of nitrogens with two attached hydrogens (primary N) is 1. The topological polar surface area (TPSA) is 72.2 Å². The largest absolute Gasteiger partial charge is 0.389 e. The summed E-state index contributed by atoms with van der Waals surface area (Å²) in [6, 6.07) is 5.53. The van der Waals surface area contributed by atoms with E-state index in [4.69, 9.17) is 18.0 Å². The van der Waals surface area contributed by atoms with E-state index in [0.717, 1.165) is 22.1 Å². The molecule has 1 aromatic carbocycles. The Bertz CT molecular complexity index is 602. The van der Waals surface area contributed by atoms with Crippen molar-refractivity contribution >= 4 is 48.7 Å². The molecule has 0 saturated carbocycles. The van der Waals surface area contributed by atoms with Crippen LogP contribution in [0.15, 0.2) is 22.7 Å². The second-order valence-electron chi connectivity index (χ2n) is 4.57. The first-order valence-electron chi connectivity index (χ1n) is 5.95. The summed E-state index contributed by atoms with van der Waals surface area (Å²) in [4.78, 5) is 0.296. The van der Waals surface area contributed by atoms with Gasteiger partial charge in [-0.25, -0.2) is 8.42 Å². The maximum absolute atomic E-state index is 11.8. The molecule has 1 saturated heterocycles. The summed E-state index contributed by atoms with van der Waals surface area (Å²) < 4.78 is 24.4. The highest BCUT2D eigenvalue weighted by molar-refractivity contribution is 9.10. The number of thiocarbonyl (C=S) groups is 1. The summed E-state index contributed by atoms with van der Waals surface area (Å²) in [7, 11) is -2.94. The van der Waals surface area contributed by atoms with Crippen LogP contribution < -0.4 is 11.1 Å². The van der Waals surface area contributed by atoms with Crippen LogP contribution in [0, 0.1) is 0 Å². The van der Waals surface area contributed by atoms with Crippen LogP contribution in [0.3, 0.4) is 0 Å². The number of benzene rings is 1. The zero-order valence-corrected chi connectivity index (χ0v) is 13.4. The highest BCUT2D eigenvalue weighted by atomic mass is 79.9. The molecule has 1 unspecified atom stereocenters. The van der Waals surface area contributed by atoms with Crippen molar-refractivity contribution in [2.24, 2.45) is 5.73 Å². The van der Waals surface area contributed by atoms with E-state index in [1.54, 1.807) is 0 Å². The Labute approximate surface area is 126 Å². The minimum atomic E-state index is -2.94. The number of nitrogens with one attached hydrogen (secondary N) is 1. The molecule has 1 aromatic rings.